The second-order valence-corrected chi connectivity index (χ2v) is 9.08. The number of nitrogens with one attached hydrogen (secondary N) is 1. The van der Waals surface area contributed by atoms with Crippen LogP contribution in [0.4, 0.5) is 10.5 Å². The lowest BCUT2D eigenvalue weighted by atomic mass is 10.00. The van der Waals surface area contributed by atoms with E-state index in [-0.39, 0.29) is 18.0 Å². The number of aromatic nitrogens is 2. The van der Waals surface area contributed by atoms with E-state index in [1.54, 1.807) is 11.9 Å². The van der Waals surface area contributed by atoms with Gasteiger partial charge in [-0.05, 0) is 75.4 Å². The van der Waals surface area contributed by atoms with Gasteiger partial charge in [0.05, 0.1) is 17.6 Å². The number of urea groups is 1. The smallest absolute Gasteiger partial charge is 0.321 e. The van der Waals surface area contributed by atoms with Crippen LogP contribution in [0, 0.1) is 5.92 Å². The minimum atomic E-state index is -0.111. The summed E-state index contributed by atoms with van der Waals surface area (Å²) < 4.78 is 7.98. The molecular weight excluding hydrogens is 400 g/mol. The van der Waals surface area contributed by atoms with E-state index in [4.69, 9.17) is 9.72 Å². The van der Waals surface area contributed by atoms with Crippen molar-refractivity contribution in [1.82, 2.24) is 14.9 Å². The molecule has 1 atom stereocenters. The highest BCUT2D eigenvalue weighted by Gasteiger charge is 2.26. The summed E-state index contributed by atoms with van der Waals surface area (Å²) in [4.78, 5) is 19.2. The van der Waals surface area contributed by atoms with E-state index in [0.717, 1.165) is 40.8 Å². The van der Waals surface area contributed by atoms with Gasteiger partial charge < -0.3 is 14.6 Å². The average Bonchev–Trinajstić information content (AvgIpc) is 3.52. The van der Waals surface area contributed by atoms with Gasteiger partial charge in [0.15, 0.2) is 0 Å². The first-order valence-corrected chi connectivity index (χ1v) is 11.6. The van der Waals surface area contributed by atoms with Gasteiger partial charge in [0.25, 0.3) is 0 Å². The van der Waals surface area contributed by atoms with Crippen LogP contribution in [-0.4, -0.2) is 35.3 Å². The number of benzene rings is 2. The predicted octanol–water partition coefficient (Wildman–Crippen LogP) is 5.55. The van der Waals surface area contributed by atoms with Gasteiger partial charge in [-0.15, -0.1) is 0 Å². The molecule has 0 aliphatic heterocycles. The fourth-order valence-corrected chi connectivity index (χ4v) is 4.06. The Kier molecular flexibility index (Phi) is 6.40. The number of carbonyl (C=O) groups is 1. The van der Waals surface area contributed by atoms with E-state index in [0.29, 0.717) is 6.61 Å². The zero-order chi connectivity index (χ0) is 22.8. The Morgan fingerprint density at radius 3 is 2.53 bits per heavy atom. The molecule has 3 aromatic rings. The van der Waals surface area contributed by atoms with Gasteiger partial charge >= 0.3 is 6.03 Å². The quantitative estimate of drug-likeness (QED) is 0.506. The summed E-state index contributed by atoms with van der Waals surface area (Å²) in [5, 5.41) is 2.94. The first-order valence-electron chi connectivity index (χ1n) is 11.6. The summed E-state index contributed by atoms with van der Waals surface area (Å²) in [5.74, 6) is 2.85. The van der Waals surface area contributed by atoms with Crippen molar-refractivity contribution in [3.05, 3.63) is 53.9 Å². The largest absolute Gasteiger partial charge is 0.494 e. The normalized spacial score (nSPS) is 14.6. The molecule has 1 fully saturated rings. The Balaban J connectivity index is 1.68. The van der Waals surface area contributed by atoms with Gasteiger partial charge in [0.1, 0.15) is 11.6 Å². The van der Waals surface area contributed by atoms with E-state index in [1.807, 2.05) is 45.0 Å². The van der Waals surface area contributed by atoms with Crippen molar-refractivity contribution in [3.8, 4) is 5.75 Å². The third kappa shape index (κ3) is 4.74. The van der Waals surface area contributed by atoms with Crippen molar-refractivity contribution < 1.29 is 9.53 Å². The van der Waals surface area contributed by atoms with Gasteiger partial charge in [0, 0.05) is 31.2 Å². The van der Waals surface area contributed by atoms with Crippen molar-refractivity contribution in [2.24, 2.45) is 5.92 Å². The summed E-state index contributed by atoms with van der Waals surface area (Å²) in [7, 11) is 1.80. The second-order valence-electron chi connectivity index (χ2n) is 9.08. The number of imidazole rings is 1. The van der Waals surface area contributed by atoms with Crippen LogP contribution >= 0.6 is 0 Å². The molecule has 4 rings (SSSR count). The highest BCUT2D eigenvalue weighted by atomic mass is 16.5. The van der Waals surface area contributed by atoms with E-state index in [1.165, 1.54) is 18.4 Å². The summed E-state index contributed by atoms with van der Waals surface area (Å²) in [5.41, 5.74) is 4.12. The zero-order valence-corrected chi connectivity index (χ0v) is 19.8. The van der Waals surface area contributed by atoms with Gasteiger partial charge in [-0.25, -0.2) is 9.78 Å². The first-order chi connectivity index (χ1) is 15.4. The molecule has 2 amide bonds. The molecular formula is C26H34N4O2. The molecule has 1 unspecified atom stereocenters. The van der Waals surface area contributed by atoms with E-state index < -0.39 is 0 Å². The second kappa shape index (κ2) is 9.23. The molecule has 32 heavy (non-hydrogen) atoms. The van der Waals surface area contributed by atoms with Crippen LogP contribution in [0.25, 0.3) is 11.0 Å². The lowest BCUT2D eigenvalue weighted by molar-refractivity contribution is 0.245. The van der Waals surface area contributed by atoms with Crippen molar-refractivity contribution >= 4 is 22.8 Å². The Labute approximate surface area is 190 Å². The van der Waals surface area contributed by atoms with Crippen molar-refractivity contribution in [1.29, 1.82) is 0 Å². The Bertz CT molecular complexity index is 1080. The third-order valence-corrected chi connectivity index (χ3v) is 6.08. The van der Waals surface area contributed by atoms with Gasteiger partial charge in [0.2, 0.25) is 0 Å². The lowest BCUT2D eigenvalue weighted by Crippen LogP contribution is -2.40. The molecule has 0 saturated heterocycles. The topological polar surface area (TPSA) is 59.4 Å². The number of amides is 2. The summed E-state index contributed by atoms with van der Waals surface area (Å²) in [6, 6.07) is 14.4. The van der Waals surface area contributed by atoms with Crippen molar-refractivity contribution in [2.75, 3.05) is 18.6 Å². The molecule has 1 aliphatic rings. The van der Waals surface area contributed by atoms with Crippen LogP contribution in [0.15, 0.2) is 42.5 Å². The summed E-state index contributed by atoms with van der Waals surface area (Å²) in [6.07, 6.45) is 2.57. The predicted molar refractivity (Wildman–Crippen MR) is 130 cm³/mol. The molecule has 1 aliphatic carbocycles. The fraction of sp³-hybridized carbons (Fsp3) is 0.462. The lowest BCUT2D eigenvalue weighted by Gasteiger charge is -2.20. The number of anilines is 1. The van der Waals surface area contributed by atoms with Crippen LogP contribution in [-0.2, 0) is 6.54 Å². The molecule has 1 heterocycles. The summed E-state index contributed by atoms with van der Waals surface area (Å²) >= 11 is 0. The van der Waals surface area contributed by atoms with Crippen LogP contribution in [0.2, 0.25) is 0 Å². The third-order valence-electron chi connectivity index (χ3n) is 6.08. The van der Waals surface area contributed by atoms with E-state index in [2.05, 4.69) is 35.0 Å². The monoisotopic (exact) mass is 434 g/mol. The summed E-state index contributed by atoms with van der Waals surface area (Å²) in [6.45, 7) is 9.79. The zero-order valence-electron chi connectivity index (χ0n) is 19.8. The SMILES string of the molecule is CCOc1ccc(C(C)c2nc3cc(N(C)C(=O)NC(C)C)ccc3n2CC2CC2)cc1. The van der Waals surface area contributed by atoms with Gasteiger partial charge in [-0.2, -0.15) is 0 Å². The van der Waals surface area contributed by atoms with Crippen molar-refractivity contribution in [3.63, 3.8) is 0 Å². The maximum Gasteiger partial charge on any atom is 0.321 e. The standard InChI is InChI=1S/C26H34N4O2/c1-6-32-22-12-9-20(10-13-22)18(4)25-28-23-15-21(29(5)26(31)27-17(2)3)11-14-24(23)30(25)16-19-7-8-19/h9-15,17-19H,6-8,16H2,1-5H3,(H,27,31). The van der Waals surface area contributed by atoms with Crippen LogP contribution in [0.5, 0.6) is 5.75 Å². The van der Waals surface area contributed by atoms with Gasteiger partial charge in [-0.3, -0.25) is 4.90 Å². The van der Waals surface area contributed by atoms with E-state index in [9.17, 15) is 4.79 Å². The van der Waals surface area contributed by atoms with Crippen LogP contribution in [0.3, 0.4) is 0 Å². The van der Waals surface area contributed by atoms with Gasteiger partial charge in [-0.1, -0.05) is 19.1 Å². The van der Waals surface area contributed by atoms with Crippen LogP contribution in [0.1, 0.15) is 57.8 Å². The molecule has 1 saturated carbocycles. The molecule has 0 spiro atoms. The number of carbonyl (C=O) groups excluding carboxylic acids is 1. The number of nitrogens with zero attached hydrogens (tertiary/aromatic N) is 3. The molecule has 1 N–H and O–H groups in total. The fourth-order valence-electron chi connectivity index (χ4n) is 4.06. The highest BCUT2D eigenvalue weighted by molar-refractivity contribution is 5.94. The number of fused-ring (bicyclic) bond motifs is 1. The number of hydrogen-bond donors (Lipinski definition) is 1. The maximum atomic E-state index is 12.5. The van der Waals surface area contributed by atoms with Crippen molar-refractivity contribution in [2.45, 2.75) is 59.0 Å². The molecule has 0 radical (unpaired) electrons. The first kappa shape index (κ1) is 22.2. The molecule has 6 nitrogen and oxygen atoms in total. The molecule has 1 aromatic heterocycles. The molecule has 170 valence electrons. The molecule has 2 aromatic carbocycles. The number of ether oxygens (including phenoxy) is 1. The number of hydrogen-bond acceptors (Lipinski definition) is 3. The average molecular weight is 435 g/mol. The van der Waals surface area contributed by atoms with E-state index >= 15 is 0 Å². The minimum Gasteiger partial charge on any atom is -0.494 e. The molecule has 6 heteroatoms. The Morgan fingerprint density at radius 2 is 1.91 bits per heavy atom. The molecule has 0 bridgehead atoms. The maximum absolute atomic E-state index is 12.5. The Hall–Kier alpha value is -3.02. The number of rotatable bonds is 8. The highest BCUT2D eigenvalue weighted by Crippen LogP contribution is 2.36. The Morgan fingerprint density at radius 1 is 1.19 bits per heavy atom. The van der Waals surface area contributed by atoms with Crippen LogP contribution < -0.4 is 15.0 Å². The minimum absolute atomic E-state index is 0.0907.